The number of carbonyl (C=O) groups excluding carboxylic acids is 2. The summed E-state index contributed by atoms with van der Waals surface area (Å²) in [5.74, 6) is 0.822. The number of amides is 1. The summed E-state index contributed by atoms with van der Waals surface area (Å²) in [5.41, 5.74) is 0.362. The van der Waals surface area contributed by atoms with Gasteiger partial charge in [0.25, 0.3) is 5.91 Å². The topological polar surface area (TPSA) is 102 Å². The summed E-state index contributed by atoms with van der Waals surface area (Å²) in [6.07, 6.45) is 0.664. The Morgan fingerprint density at radius 2 is 1.65 bits per heavy atom. The number of benzene rings is 2. The number of piperazine rings is 1. The Labute approximate surface area is 181 Å². The highest BCUT2D eigenvalue weighted by atomic mass is 32.2. The molecule has 1 amide bonds. The molecule has 0 aromatic heterocycles. The molecule has 0 aliphatic carbocycles. The molecule has 1 aliphatic rings. The Kier molecular flexibility index (Phi) is 7.13. The molecule has 1 fully saturated rings. The minimum atomic E-state index is -3.74. The predicted octanol–water partition coefficient (Wildman–Crippen LogP) is 1.43. The number of carbonyl (C=O) groups is 2. The first-order chi connectivity index (χ1) is 14.9. The summed E-state index contributed by atoms with van der Waals surface area (Å²) in [6.45, 7) is 0.571. The molecule has 0 atom stereocenters. The van der Waals surface area contributed by atoms with E-state index in [4.69, 9.17) is 14.2 Å². The molecule has 9 nitrogen and oxygen atoms in total. The Bertz CT molecular complexity index is 1050. The van der Waals surface area contributed by atoms with Crippen LogP contribution in [-0.4, -0.2) is 76.8 Å². The van der Waals surface area contributed by atoms with E-state index in [1.54, 1.807) is 35.2 Å². The molecule has 0 unspecified atom stereocenters. The highest BCUT2D eigenvalue weighted by molar-refractivity contribution is 7.89. The normalized spacial score (nSPS) is 14.7. The summed E-state index contributed by atoms with van der Waals surface area (Å²) in [5, 5.41) is 0. The number of hydrogen-bond donors (Lipinski definition) is 0. The average Bonchev–Trinajstić information content (AvgIpc) is 2.82. The zero-order valence-electron chi connectivity index (χ0n) is 17.3. The van der Waals surface area contributed by atoms with E-state index >= 15 is 0 Å². The Balaban J connectivity index is 1.60. The second-order valence-corrected chi connectivity index (χ2v) is 8.68. The highest BCUT2D eigenvalue weighted by Crippen LogP contribution is 2.30. The molecule has 166 valence electrons. The van der Waals surface area contributed by atoms with Crippen LogP contribution in [0.4, 0.5) is 0 Å². The zero-order valence-corrected chi connectivity index (χ0v) is 18.1. The molecule has 1 saturated heterocycles. The number of methoxy groups -OCH3 is 2. The van der Waals surface area contributed by atoms with E-state index in [-0.39, 0.29) is 43.6 Å². The molecule has 0 bridgehead atoms. The van der Waals surface area contributed by atoms with Crippen molar-refractivity contribution in [1.82, 2.24) is 9.21 Å². The van der Waals surface area contributed by atoms with Crippen molar-refractivity contribution in [1.29, 1.82) is 0 Å². The molecule has 2 aromatic carbocycles. The predicted molar refractivity (Wildman–Crippen MR) is 112 cm³/mol. The molecule has 0 saturated carbocycles. The molecule has 0 radical (unpaired) electrons. The number of nitrogens with zero attached hydrogens (tertiary/aromatic N) is 2. The Morgan fingerprint density at radius 1 is 0.968 bits per heavy atom. The lowest BCUT2D eigenvalue weighted by atomic mass is 10.2. The zero-order chi connectivity index (χ0) is 22.4. The van der Waals surface area contributed by atoms with Crippen LogP contribution in [0.5, 0.6) is 17.2 Å². The SMILES string of the molecule is COc1ccc(S(=O)(=O)N2CCN(C(=O)COc3ccccc3C=O)CC2)cc1OC. The van der Waals surface area contributed by atoms with Crippen LogP contribution in [0.2, 0.25) is 0 Å². The number of ether oxygens (including phenoxy) is 3. The molecule has 0 N–H and O–H groups in total. The maximum Gasteiger partial charge on any atom is 0.260 e. The van der Waals surface area contributed by atoms with Gasteiger partial charge in [0, 0.05) is 32.2 Å². The van der Waals surface area contributed by atoms with E-state index in [1.807, 2.05) is 0 Å². The van der Waals surface area contributed by atoms with Crippen LogP contribution in [0.15, 0.2) is 47.4 Å². The van der Waals surface area contributed by atoms with Crippen molar-refractivity contribution in [2.75, 3.05) is 47.0 Å². The van der Waals surface area contributed by atoms with Gasteiger partial charge < -0.3 is 19.1 Å². The fourth-order valence-electron chi connectivity index (χ4n) is 3.24. The molecule has 10 heteroatoms. The van der Waals surface area contributed by atoms with Gasteiger partial charge in [-0.05, 0) is 24.3 Å². The molecular formula is C21H24N2O7S. The molecule has 1 aliphatic heterocycles. The van der Waals surface area contributed by atoms with Crippen LogP contribution in [0.25, 0.3) is 0 Å². The maximum atomic E-state index is 13.0. The quantitative estimate of drug-likeness (QED) is 0.563. The third-order valence-electron chi connectivity index (χ3n) is 4.98. The van der Waals surface area contributed by atoms with Gasteiger partial charge in [0.2, 0.25) is 10.0 Å². The summed E-state index contributed by atoms with van der Waals surface area (Å²) in [7, 11) is -0.829. The number of aldehydes is 1. The van der Waals surface area contributed by atoms with Crippen LogP contribution in [0, 0.1) is 0 Å². The van der Waals surface area contributed by atoms with E-state index < -0.39 is 10.0 Å². The molecular weight excluding hydrogens is 424 g/mol. The first kappa shape index (κ1) is 22.6. The van der Waals surface area contributed by atoms with Gasteiger partial charge in [0.05, 0.1) is 24.7 Å². The monoisotopic (exact) mass is 448 g/mol. The number of para-hydroxylation sites is 1. The van der Waals surface area contributed by atoms with Crippen LogP contribution in [-0.2, 0) is 14.8 Å². The summed E-state index contributed by atoms with van der Waals surface area (Å²) in [6, 6.07) is 11.1. The first-order valence-electron chi connectivity index (χ1n) is 9.57. The third-order valence-corrected chi connectivity index (χ3v) is 6.88. The lowest BCUT2D eigenvalue weighted by Gasteiger charge is -2.34. The smallest absolute Gasteiger partial charge is 0.260 e. The molecule has 0 spiro atoms. The minimum Gasteiger partial charge on any atom is -0.493 e. The Morgan fingerprint density at radius 3 is 2.29 bits per heavy atom. The standard InChI is InChI=1S/C21H24N2O7S/c1-28-19-8-7-17(13-20(19)29-2)31(26,27)23-11-9-22(10-12-23)21(25)15-30-18-6-4-3-5-16(18)14-24/h3-8,13-14H,9-12,15H2,1-2H3. The van der Waals surface area contributed by atoms with Crippen molar-refractivity contribution in [3.63, 3.8) is 0 Å². The fourth-order valence-corrected chi connectivity index (χ4v) is 4.68. The van der Waals surface area contributed by atoms with Crippen LogP contribution in [0.1, 0.15) is 10.4 Å². The van der Waals surface area contributed by atoms with Crippen molar-refractivity contribution < 1.29 is 32.2 Å². The number of rotatable bonds is 8. The lowest BCUT2D eigenvalue weighted by molar-refractivity contribution is -0.134. The third kappa shape index (κ3) is 4.97. The van der Waals surface area contributed by atoms with Crippen molar-refractivity contribution in [3.8, 4) is 17.2 Å². The van der Waals surface area contributed by atoms with Gasteiger partial charge in [-0.1, -0.05) is 12.1 Å². The highest BCUT2D eigenvalue weighted by Gasteiger charge is 2.31. The van der Waals surface area contributed by atoms with Gasteiger partial charge in [-0.15, -0.1) is 0 Å². The summed E-state index contributed by atoms with van der Waals surface area (Å²) < 4.78 is 43.1. The van der Waals surface area contributed by atoms with Gasteiger partial charge >= 0.3 is 0 Å². The van der Waals surface area contributed by atoms with Crippen LogP contribution >= 0.6 is 0 Å². The molecule has 31 heavy (non-hydrogen) atoms. The van der Waals surface area contributed by atoms with Gasteiger partial charge in [-0.3, -0.25) is 9.59 Å². The van der Waals surface area contributed by atoms with Gasteiger partial charge in [-0.25, -0.2) is 8.42 Å². The van der Waals surface area contributed by atoms with Gasteiger partial charge in [0.1, 0.15) is 5.75 Å². The van der Waals surface area contributed by atoms with E-state index in [1.165, 1.54) is 30.7 Å². The van der Waals surface area contributed by atoms with Crippen LogP contribution in [0.3, 0.4) is 0 Å². The minimum absolute atomic E-state index is 0.0960. The average molecular weight is 448 g/mol. The van der Waals surface area contributed by atoms with E-state index in [9.17, 15) is 18.0 Å². The molecule has 2 aromatic rings. The summed E-state index contributed by atoms with van der Waals surface area (Å²) in [4.78, 5) is 25.2. The largest absolute Gasteiger partial charge is 0.493 e. The van der Waals surface area contributed by atoms with Gasteiger partial charge in [0.15, 0.2) is 24.4 Å². The van der Waals surface area contributed by atoms with Crippen molar-refractivity contribution >= 4 is 22.2 Å². The summed E-state index contributed by atoms with van der Waals surface area (Å²) >= 11 is 0. The van der Waals surface area contributed by atoms with E-state index in [0.29, 0.717) is 29.1 Å². The maximum absolute atomic E-state index is 13.0. The number of hydrogen-bond acceptors (Lipinski definition) is 7. The second kappa shape index (κ2) is 9.80. The molecule has 3 rings (SSSR count). The molecule has 1 heterocycles. The first-order valence-corrected chi connectivity index (χ1v) is 11.0. The lowest BCUT2D eigenvalue weighted by Crippen LogP contribution is -2.51. The Hall–Kier alpha value is -3.11. The van der Waals surface area contributed by atoms with Crippen molar-refractivity contribution in [3.05, 3.63) is 48.0 Å². The van der Waals surface area contributed by atoms with Crippen molar-refractivity contribution in [2.45, 2.75) is 4.90 Å². The van der Waals surface area contributed by atoms with Gasteiger partial charge in [-0.2, -0.15) is 4.31 Å². The van der Waals surface area contributed by atoms with Crippen LogP contribution < -0.4 is 14.2 Å². The second-order valence-electron chi connectivity index (χ2n) is 6.75. The number of sulfonamides is 1. The van der Waals surface area contributed by atoms with E-state index in [2.05, 4.69) is 0 Å². The van der Waals surface area contributed by atoms with E-state index in [0.717, 1.165) is 0 Å². The fraction of sp³-hybridized carbons (Fsp3) is 0.333. The van der Waals surface area contributed by atoms with Crippen molar-refractivity contribution in [2.24, 2.45) is 0 Å².